The van der Waals surface area contributed by atoms with E-state index in [9.17, 15) is 9.59 Å². The van der Waals surface area contributed by atoms with Gasteiger partial charge in [-0.3, -0.25) is 9.59 Å². The van der Waals surface area contributed by atoms with Gasteiger partial charge in [-0.1, -0.05) is 30.3 Å². The van der Waals surface area contributed by atoms with E-state index in [2.05, 4.69) is 0 Å². The molecule has 1 aliphatic rings. The SMILES string of the molecule is CN(Cc1ccco1)C(=O)[C@H]1CCN(c2ccc(OCc3ccccc3)cc2)C1=O. The van der Waals surface area contributed by atoms with E-state index >= 15 is 0 Å². The van der Waals surface area contributed by atoms with Crippen molar-refractivity contribution in [3.8, 4) is 5.75 Å². The second-order valence-corrected chi connectivity index (χ2v) is 7.37. The van der Waals surface area contributed by atoms with E-state index in [1.807, 2.05) is 60.7 Å². The molecule has 0 N–H and O–H groups in total. The number of carbonyl (C=O) groups excluding carboxylic acids is 2. The van der Waals surface area contributed by atoms with Crippen LogP contribution in [0.3, 0.4) is 0 Å². The van der Waals surface area contributed by atoms with Crippen molar-refractivity contribution < 1.29 is 18.7 Å². The summed E-state index contributed by atoms with van der Waals surface area (Å²) in [7, 11) is 1.69. The van der Waals surface area contributed by atoms with Gasteiger partial charge >= 0.3 is 0 Å². The highest BCUT2D eigenvalue weighted by molar-refractivity contribution is 6.09. The first-order valence-electron chi connectivity index (χ1n) is 9.97. The van der Waals surface area contributed by atoms with Gasteiger partial charge in [0.2, 0.25) is 11.8 Å². The van der Waals surface area contributed by atoms with Crippen molar-refractivity contribution in [2.24, 2.45) is 5.92 Å². The van der Waals surface area contributed by atoms with E-state index in [1.165, 1.54) is 0 Å². The summed E-state index contributed by atoms with van der Waals surface area (Å²) in [5, 5.41) is 0. The lowest BCUT2D eigenvalue weighted by Crippen LogP contribution is -2.37. The van der Waals surface area contributed by atoms with Gasteiger partial charge in [-0.25, -0.2) is 0 Å². The smallest absolute Gasteiger partial charge is 0.239 e. The maximum absolute atomic E-state index is 12.9. The summed E-state index contributed by atoms with van der Waals surface area (Å²) in [4.78, 5) is 28.8. The summed E-state index contributed by atoms with van der Waals surface area (Å²) >= 11 is 0. The summed E-state index contributed by atoms with van der Waals surface area (Å²) in [5.41, 5.74) is 1.87. The molecule has 0 aliphatic carbocycles. The predicted octanol–water partition coefficient (Wildman–Crippen LogP) is 3.87. The molecule has 0 spiro atoms. The largest absolute Gasteiger partial charge is 0.489 e. The molecule has 6 heteroatoms. The van der Waals surface area contributed by atoms with Crippen LogP contribution >= 0.6 is 0 Å². The van der Waals surface area contributed by atoms with Crippen molar-refractivity contribution in [1.29, 1.82) is 0 Å². The molecule has 0 saturated carbocycles. The summed E-state index contributed by atoms with van der Waals surface area (Å²) in [6, 6.07) is 21.0. The molecule has 0 bridgehead atoms. The highest BCUT2D eigenvalue weighted by atomic mass is 16.5. The first-order valence-corrected chi connectivity index (χ1v) is 9.97. The van der Waals surface area contributed by atoms with Crippen LogP contribution in [0.2, 0.25) is 0 Å². The molecule has 30 heavy (non-hydrogen) atoms. The quantitative estimate of drug-likeness (QED) is 0.561. The van der Waals surface area contributed by atoms with Crippen LogP contribution in [0, 0.1) is 5.92 Å². The molecule has 4 rings (SSSR count). The zero-order valence-electron chi connectivity index (χ0n) is 16.9. The number of hydrogen-bond acceptors (Lipinski definition) is 4. The van der Waals surface area contributed by atoms with Gasteiger partial charge < -0.3 is 19.0 Å². The minimum Gasteiger partial charge on any atom is -0.489 e. The van der Waals surface area contributed by atoms with Crippen molar-refractivity contribution in [1.82, 2.24) is 4.90 Å². The average Bonchev–Trinajstić information content (AvgIpc) is 3.42. The zero-order chi connectivity index (χ0) is 20.9. The Morgan fingerprint density at radius 1 is 1.10 bits per heavy atom. The number of nitrogens with zero attached hydrogens (tertiary/aromatic N) is 2. The van der Waals surface area contributed by atoms with Crippen LogP contribution < -0.4 is 9.64 Å². The molecule has 6 nitrogen and oxygen atoms in total. The first kappa shape index (κ1) is 19.8. The normalized spacial score (nSPS) is 16.0. The van der Waals surface area contributed by atoms with Gasteiger partial charge in [-0.2, -0.15) is 0 Å². The Hall–Kier alpha value is -3.54. The third-order valence-corrected chi connectivity index (χ3v) is 5.25. The molecular formula is C24H24N2O4. The van der Waals surface area contributed by atoms with Gasteiger partial charge in [0.05, 0.1) is 12.8 Å². The van der Waals surface area contributed by atoms with Crippen LogP contribution in [0.5, 0.6) is 5.75 Å². The Balaban J connectivity index is 1.35. The second kappa shape index (κ2) is 8.86. The second-order valence-electron chi connectivity index (χ2n) is 7.37. The van der Waals surface area contributed by atoms with Crippen molar-refractivity contribution in [3.63, 3.8) is 0 Å². The molecule has 1 atom stereocenters. The average molecular weight is 404 g/mol. The number of carbonyl (C=O) groups is 2. The third kappa shape index (κ3) is 4.38. The van der Waals surface area contributed by atoms with Crippen LogP contribution in [0.15, 0.2) is 77.4 Å². The Morgan fingerprint density at radius 3 is 2.57 bits per heavy atom. The topological polar surface area (TPSA) is 63.0 Å². The summed E-state index contributed by atoms with van der Waals surface area (Å²) in [5.74, 6) is 0.434. The highest BCUT2D eigenvalue weighted by Gasteiger charge is 2.39. The fourth-order valence-electron chi connectivity index (χ4n) is 3.61. The van der Waals surface area contributed by atoms with Gasteiger partial charge in [0, 0.05) is 19.3 Å². The van der Waals surface area contributed by atoms with Crippen LogP contribution in [-0.4, -0.2) is 30.3 Å². The maximum atomic E-state index is 12.9. The molecule has 154 valence electrons. The van der Waals surface area contributed by atoms with Gasteiger partial charge in [0.1, 0.15) is 24.0 Å². The van der Waals surface area contributed by atoms with Gasteiger partial charge in [-0.15, -0.1) is 0 Å². The number of amides is 2. The summed E-state index contributed by atoms with van der Waals surface area (Å²) < 4.78 is 11.1. The van der Waals surface area contributed by atoms with Crippen molar-refractivity contribution in [2.75, 3.05) is 18.5 Å². The molecule has 2 heterocycles. The molecule has 1 saturated heterocycles. The molecule has 1 aliphatic heterocycles. The van der Waals surface area contributed by atoms with E-state index in [4.69, 9.17) is 9.15 Å². The molecule has 0 radical (unpaired) electrons. The minimum atomic E-state index is -0.654. The standard InChI is InChI=1S/C24H24N2O4/c1-25(16-21-8-5-15-29-21)23(27)22-13-14-26(24(22)28)19-9-11-20(12-10-19)30-17-18-6-3-2-4-7-18/h2-12,15,22H,13-14,16-17H2,1H3/t22-/m1/s1. The number of rotatable bonds is 7. The third-order valence-electron chi connectivity index (χ3n) is 5.25. The summed E-state index contributed by atoms with van der Waals surface area (Å²) in [6.45, 7) is 1.36. The van der Waals surface area contributed by atoms with Crippen molar-refractivity contribution in [2.45, 2.75) is 19.6 Å². The number of ether oxygens (including phenoxy) is 1. The van der Waals surface area contributed by atoms with Gasteiger partial charge in [0.15, 0.2) is 0 Å². The van der Waals surface area contributed by atoms with Crippen molar-refractivity contribution >= 4 is 17.5 Å². The number of hydrogen-bond donors (Lipinski definition) is 0. The van der Waals surface area contributed by atoms with E-state index in [0.29, 0.717) is 31.9 Å². The van der Waals surface area contributed by atoms with Crippen LogP contribution in [0.1, 0.15) is 17.7 Å². The molecule has 0 unspecified atom stereocenters. The molecular weight excluding hydrogens is 380 g/mol. The zero-order valence-corrected chi connectivity index (χ0v) is 16.9. The fourth-order valence-corrected chi connectivity index (χ4v) is 3.61. The Kier molecular flexibility index (Phi) is 5.84. The Morgan fingerprint density at radius 2 is 1.87 bits per heavy atom. The lowest BCUT2D eigenvalue weighted by molar-refractivity contribution is -0.139. The van der Waals surface area contributed by atoms with Gasteiger partial charge in [-0.05, 0) is 48.4 Å². The number of furan rings is 1. The van der Waals surface area contributed by atoms with Gasteiger partial charge in [0.25, 0.3) is 0 Å². The van der Waals surface area contributed by atoms with E-state index in [0.717, 1.165) is 17.0 Å². The van der Waals surface area contributed by atoms with E-state index in [-0.39, 0.29) is 11.8 Å². The fraction of sp³-hybridized carbons (Fsp3) is 0.250. The van der Waals surface area contributed by atoms with Crippen molar-refractivity contribution in [3.05, 3.63) is 84.3 Å². The van der Waals surface area contributed by atoms with Crippen LogP contribution in [0.4, 0.5) is 5.69 Å². The Labute approximate surface area is 175 Å². The van der Waals surface area contributed by atoms with Crippen LogP contribution in [-0.2, 0) is 22.7 Å². The first-order chi connectivity index (χ1) is 14.6. The molecule has 1 aromatic heterocycles. The van der Waals surface area contributed by atoms with E-state index < -0.39 is 5.92 Å². The van der Waals surface area contributed by atoms with E-state index in [1.54, 1.807) is 29.2 Å². The maximum Gasteiger partial charge on any atom is 0.239 e. The lowest BCUT2D eigenvalue weighted by atomic mass is 10.1. The molecule has 2 amide bonds. The predicted molar refractivity (Wildman–Crippen MR) is 113 cm³/mol. The highest BCUT2D eigenvalue weighted by Crippen LogP contribution is 2.28. The van der Waals surface area contributed by atoms with Crippen LogP contribution in [0.25, 0.3) is 0 Å². The lowest BCUT2D eigenvalue weighted by Gasteiger charge is -2.20. The monoisotopic (exact) mass is 404 g/mol. The number of anilines is 1. The number of benzene rings is 2. The molecule has 3 aromatic rings. The Bertz CT molecular complexity index is 984. The molecule has 1 fully saturated rings. The molecule has 2 aromatic carbocycles. The summed E-state index contributed by atoms with van der Waals surface area (Å²) in [6.07, 6.45) is 2.08. The minimum absolute atomic E-state index is 0.163.